The van der Waals surface area contributed by atoms with Gasteiger partial charge in [-0.3, -0.25) is 0 Å². The van der Waals surface area contributed by atoms with E-state index in [1.54, 1.807) is 0 Å². The molecule has 0 N–H and O–H groups in total. The van der Waals surface area contributed by atoms with Crippen molar-refractivity contribution in [1.82, 2.24) is 0 Å². The average Bonchev–Trinajstić information content (AvgIpc) is 2.33. The smallest absolute Gasteiger partial charge is 0.0412 e. The van der Waals surface area contributed by atoms with Gasteiger partial charge in [0, 0.05) is 5.02 Å². The van der Waals surface area contributed by atoms with Gasteiger partial charge in [0.05, 0.1) is 0 Å². The van der Waals surface area contributed by atoms with E-state index in [2.05, 4.69) is 17.9 Å². The van der Waals surface area contributed by atoms with E-state index in [-0.39, 0.29) is 0 Å². The Balaban J connectivity index is 2.86. The van der Waals surface area contributed by atoms with Crippen LogP contribution in [0.15, 0.2) is 30.1 Å². The molecule has 0 fully saturated rings. The maximum absolute atomic E-state index is 5.79. The van der Waals surface area contributed by atoms with Crippen molar-refractivity contribution in [2.24, 2.45) is 0 Å². The summed E-state index contributed by atoms with van der Waals surface area (Å²) >= 11 is 5.79. The fourth-order valence-electron chi connectivity index (χ4n) is 1.02. The van der Waals surface area contributed by atoms with E-state index in [0.29, 0.717) is 0 Å². The zero-order valence-electron chi connectivity index (χ0n) is 5.26. The molecule has 0 saturated carbocycles. The highest BCUT2D eigenvalue weighted by atomic mass is 35.5. The number of hydrogen-bond acceptors (Lipinski definition) is 0. The standard InChI is InChI=1S/C8H6ClP/c9-7-1-2-8-6(5-7)3-4-10-8/h1-5,10H. The molecule has 1 unspecified atom stereocenters. The van der Waals surface area contributed by atoms with Crippen LogP contribution in [0.2, 0.25) is 5.02 Å². The van der Waals surface area contributed by atoms with Crippen LogP contribution in [0.5, 0.6) is 0 Å². The van der Waals surface area contributed by atoms with Crippen LogP contribution < -0.4 is 0 Å². The third-order valence-corrected chi connectivity index (χ3v) is 2.85. The summed E-state index contributed by atoms with van der Waals surface area (Å²) in [5, 5.41) is 3.52. The van der Waals surface area contributed by atoms with E-state index in [1.807, 2.05) is 12.1 Å². The first kappa shape index (κ1) is 6.27. The predicted molar refractivity (Wildman–Crippen MR) is 48.5 cm³/mol. The lowest BCUT2D eigenvalue weighted by Gasteiger charge is -1.88. The molecule has 0 bridgehead atoms. The van der Waals surface area contributed by atoms with E-state index in [0.717, 1.165) is 13.2 Å². The summed E-state index contributed by atoms with van der Waals surface area (Å²) in [6, 6.07) is 8.17. The lowest BCUT2D eigenvalue weighted by Crippen LogP contribution is -1.61. The molecule has 1 aromatic carbocycles. The minimum Gasteiger partial charge on any atom is -0.132 e. The van der Waals surface area contributed by atoms with Gasteiger partial charge in [0.25, 0.3) is 0 Å². The summed E-state index contributed by atoms with van der Waals surface area (Å²) in [5.41, 5.74) is 0. The van der Waals surface area contributed by atoms with E-state index in [1.165, 1.54) is 10.5 Å². The van der Waals surface area contributed by atoms with Crippen LogP contribution in [0, 0.1) is 0 Å². The van der Waals surface area contributed by atoms with Crippen LogP contribution in [0.25, 0.3) is 10.5 Å². The summed E-state index contributed by atoms with van der Waals surface area (Å²) in [6.07, 6.45) is 0. The normalized spacial score (nSPS) is 11.3. The van der Waals surface area contributed by atoms with Crippen molar-refractivity contribution in [3.05, 3.63) is 35.1 Å². The van der Waals surface area contributed by atoms with Crippen molar-refractivity contribution in [2.75, 3.05) is 0 Å². The molecule has 0 nitrogen and oxygen atoms in total. The Labute approximate surface area is 65.9 Å². The second-order valence-electron chi connectivity index (χ2n) is 2.21. The molecule has 0 aliphatic rings. The Morgan fingerprint density at radius 3 is 3.00 bits per heavy atom. The second kappa shape index (κ2) is 2.30. The number of benzene rings is 1. The summed E-state index contributed by atoms with van der Waals surface area (Å²) in [7, 11) is 0.837. The molecule has 10 heavy (non-hydrogen) atoms. The second-order valence-corrected chi connectivity index (χ2v) is 3.81. The van der Waals surface area contributed by atoms with Crippen LogP contribution in [-0.2, 0) is 0 Å². The maximum Gasteiger partial charge on any atom is 0.0412 e. The van der Waals surface area contributed by atoms with Crippen molar-refractivity contribution in [2.45, 2.75) is 0 Å². The third-order valence-electron chi connectivity index (χ3n) is 1.52. The fourth-order valence-corrected chi connectivity index (χ4v) is 2.15. The Morgan fingerprint density at radius 2 is 2.10 bits per heavy atom. The highest BCUT2D eigenvalue weighted by Gasteiger charge is 1.92. The van der Waals surface area contributed by atoms with Gasteiger partial charge in [-0.25, -0.2) is 0 Å². The molecular weight excluding hydrogens is 163 g/mol. The quantitative estimate of drug-likeness (QED) is 0.565. The number of rotatable bonds is 0. The number of hydrogen-bond donors (Lipinski definition) is 0. The van der Waals surface area contributed by atoms with Crippen LogP contribution in [0.4, 0.5) is 0 Å². The van der Waals surface area contributed by atoms with Gasteiger partial charge >= 0.3 is 0 Å². The zero-order valence-corrected chi connectivity index (χ0v) is 7.02. The van der Waals surface area contributed by atoms with Gasteiger partial charge in [-0.15, -0.1) is 8.19 Å². The van der Waals surface area contributed by atoms with Crippen LogP contribution in [0.1, 0.15) is 0 Å². The monoisotopic (exact) mass is 168 g/mol. The summed E-state index contributed by atoms with van der Waals surface area (Å²) < 4.78 is 0. The molecule has 0 spiro atoms. The van der Waals surface area contributed by atoms with Crippen LogP contribution >= 0.6 is 19.8 Å². The topological polar surface area (TPSA) is 0 Å². The molecule has 50 valence electrons. The fraction of sp³-hybridized carbons (Fsp3) is 0. The van der Waals surface area contributed by atoms with E-state index in [9.17, 15) is 0 Å². The Bertz CT molecular complexity index is 351. The Morgan fingerprint density at radius 1 is 1.20 bits per heavy atom. The van der Waals surface area contributed by atoms with Gasteiger partial charge in [-0.2, -0.15) is 0 Å². The van der Waals surface area contributed by atoms with Gasteiger partial charge in [-0.05, 0) is 34.5 Å². The summed E-state index contributed by atoms with van der Waals surface area (Å²) in [5.74, 6) is 2.18. The molecule has 0 amide bonds. The van der Waals surface area contributed by atoms with Gasteiger partial charge in [0.15, 0.2) is 0 Å². The van der Waals surface area contributed by atoms with Crippen molar-refractivity contribution in [1.29, 1.82) is 0 Å². The SMILES string of the molecule is Clc1ccc2[pH]ccc2c1. The number of fused-ring (bicyclic) bond motifs is 1. The number of halogens is 1. The van der Waals surface area contributed by atoms with Crippen molar-refractivity contribution < 1.29 is 0 Å². The summed E-state index contributed by atoms with van der Waals surface area (Å²) in [6.45, 7) is 0. The average molecular weight is 169 g/mol. The minimum atomic E-state index is 0.829. The van der Waals surface area contributed by atoms with Crippen molar-refractivity contribution in [3.8, 4) is 0 Å². The Hall–Kier alpha value is -0.450. The first-order valence-electron chi connectivity index (χ1n) is 3.09. The highest BCUT2D eigenvalue weighted by Crippen LogP contribution is 2.26. The molecule has 0 radical (unpaired) electrons. The molecule has 0 aliphatic heterocycles. The molecule has 1 heterocycles. The maximum atomic E-state index is 5.79. The highest BCUT2D eigenvalue weighted by molar-refractivity contribution is 7.36. The van der Waals surface area contributed by atoms with E-state index < -0.39 is 0 Å². The first-order valence-corrected chi connectivity index (χ1v) is 4.54. The molecular formula is C8H6ClP. The molecule has 2 aromatic rings. The minimum absolute atomic E-state index is 0.829. The zero-order chi connectivity index (χ0) is 6.97. The van der Waals surface area contributed by atoms with E-state index in [4.69, 9.17) is 11.6 Å². The van der Waals surface area contributed by atoms with Crippen molar-refractivity contribution >= 4 is 30.3 Å². The van der Waals surface area contributed by atoms with Gasteiger partial charge in [0.2, 0.25) is 0 Å². The predicted octanol–water partition coefficient (Wildman–Crippen LogP) is 3.52. The Kier molecular flexibility index (Phi) is 1.44. The summed E-state index contributed by atoms with van der Waals surface area (Å²) in [4.78, 5) is 0. The molecule has 0 aliphatic carbocycles. The van der Waals surface area contributed by atoms with Gasteiger partial charge in [-0.1, -0.05) is 17.7 Å². The lowest BCUT2D eigenvalue weighted by atomic mass is 10.3. The third kappa shape index (κ3) is 0.941. The van der Waals surface area contributed by atoms with Crippen LogP contribution in [0.3, 0.4) is 0 Å². The van der Waals surface area contributed by atoms with Gasteiger partial charge < -0.3 is 0 Å². The molecule has 0 saturated heterocycles. The molecule has 1 aromatic heterocycles. The van der Waals surface area contributed by atoms with Gasteiger partial charge in [0.1, 0.15) is 0 Å². The van der Waals surface area contributed by atoms with Crippen molar-refractivity contribution in [3.63, 3.8) is 0 Å². The van der Waals surface area contributed by atoms with E-state index >= 15 is 0 Å². The first-order chi connectivity index (χ1) is 4.86. The molecule has 2 heteroatoms. The molecule has 2 rings (SSSR count). The van der Waals surface area contributed by atoms with Crippen LogP contribution in [-0.4, -0.2) is 0 Å². The molecule has 1 atom stereocenters. The largest absolute Gasteiger partial charge is 0.132 e. The lowest BCUT2D eigenvalue weighted by molar-refractivity contribution is 1.85.